The average Bonchev–Trinajstić information content (AvgIpc) is 2.41. The first-order chi connectivity index (χ1) is 9.13. The van der Waals surface area contributed by atoms with Crippen LogP contribution in [0.25, 0.3) is 6.08 Å². The normalized spacial score (nSPS) is 10.6. The Labute approximate surface area is 123 Å². The smallest absolute Gasteiger partial charge is 0.249 e. The van der Waals surface area contributed by atoms with Gasteiger partial charge in [-0.25, -0.2) is 9.37 Å². The van der Waals surface area contributed by atoms with Crippen LogP contribution in [0, 0.1) is 9.39 Å². The summed E-state index contributed by atoms with van der Waals surface area (Å²) < 4.78 is 13.7. The number of pyridine rings is 1. The molecule has 0 atom stereocenters. The molecule has 0 unspecified atom stereocenters. The van der Waals surface area contributed by atoms with Gasteiger partial charge in [0.25, 0.3) is 0 Å². The SMILES string of the molecule is O=C(C=Cc1ccc(F)cc1)Nc1ccc(I)cn1. The molecule has 2 rings (SSSR count). The van der Waals surface area contributed by atoms with E-state index in [0.29, 0.717) is 5.82 Å². The van der Waals surface area contributed by atoms with Crippen molar-refractivity contribution < 1.29 is 9.18 Å². The minimum atomic E-state index is -0.301. The third-order valence-electron chi connectivity index (χ3n) is 2.28. The zero-order valence-corrected chi connectivity index (χ0v) is 12.0. The monoisotopic (exact) mass is 368 g/mol. The molecule has 0 radical (unpaired) electrons. The molecule has 2 aromatic rings. The summed E-state index contributed by atoms with van der Waals surface area (Å²) in [6.07, 6.45) is 4.66. The number of hydrogen-bond donors (Lipinski definition) is 1. The van der Waals surface area contributed by atoms with E-state index in [1.807, 2.05) is 6.07 Å². The van der Waals surface area contributed by atoms with E-state index in [1.54, 1.807) is 30.5 Å². The molecule has 19 heavy (non-hydrogen) atoms. The predicted molar refractivity (Wildman–Crippen MR) is 81.0 cm³/mol. The number of carbonyl (C=O) groups excluding carboxylic acids is 1. The summed E-state index contributed by atoms with van der Waals surface area (Å²) in [6.45, 7) is 0. The van der Waals surface area contributed by atoms with Gasteiger partial charge in [-0.15, -0.1) is 0 Å². The fraction of sp³-hybridized carbons (Fsp3) is 0. The van der Waals surface area contributed by atoms with Gasteiger partial charge in [0.15, 0.2) is 0 Å². The Bertz CT molecular complexity index is 594. The van der Waals surface area contributed by atoms with Crippen LogP contribution in [0.1, 0.15) is 5.56 Å². The number of benzene rings is 1. The van der Waals surface area contributed by atoms with Crippen molar-refractivity contribution in [3.05, 3.63) is 63.6 Å². The Hall–Kier alpha value is -1.76. The van der Waals surface area contributed by atoms with Gasteiger partial charge in [-0.1, -0.05) is 12.1 Å². The lowest BCUT2D eigenvalue weighted by Crippen LogP contribution is -2.08. The third-order valence-corrected chi connectivity index (χ3v) is 2.91. The molecule has 1 aromatic carbocycles. The zero-order valence-electron chi connectivity index (χ0n) is 9.81. The average molecular weight is 368 g/mol. The summed E-state index contributed by atoms with van der Waals surface area (Å²) >= 11 is 2.14. The second-order valence-corrected chi connectivity index (χ2v) is 4.98. The Morgan fingerprint density at radius 3 is 2.58 bits per heavy atom. The number of halogens is 2. The fourth-order valence-corrected chi connectivity index (χ4v) is 1.68. The molecule has 1 amide bonds. The van der Waals surface area contributed by atoms with Gasteiger partial charge in [0.1, 0.15) is 11.6 Å². The fourth-order valence-electron chi connectivity index (χ4n) is 1.36. The Balaban J connectivity index is 1.97. The second-order valence-electron chi connectivity index (χ2n) is 3.74. The quantitative estimate of drug-likeness (QED) is 0.666. The molecule has 0 aliphatic heterocycles. The summed E-state index contributed by atoms with van der Waals surface area (Å²) in [5.41, 5.74) is 0.757. The van der Waals surface area contributed by atoms with Crippen LogP contribution in [0.15, 0.2) is 48.7 Å². The van der Waals surface area contributed by atoms with E-state index >= 15 is 0 Å². The van der Waals surface area contributed by atoms with Gasteiger partial charge in [-0.3, -0.25) is 4.79 Å². The summed E-state index contributed by atoms with van der Waals surface area (Å²) in [7, 11) is 0. The van der Waals surface area contributed by atoms with E-state index in [4.69, 9.17) is 0 Å². The number of amides is 1. The van der Waals surface area contributed by atoms with Gasteiger partial charge in [0.05, 0.1) is 0 Å². The molecule has 1 aromatic heterocycles. The molecule has 1 N–H and O–H groups in total. The van der Waals surface area contributed by atoms with Gasteiger partial charge in [0.2, 0.25) is 5.91 Å². The standard InChI is InChI=1S/C14H10FIN2O/c15-11-4-1-10(2-5-11)3-8-14(19)18-13-7-6-12(16)9-17-13/h1-9H,(H,17,18,19). The van der Waals surface area contributed by atoms with Crippen LogP contribution < -0.4 is 5.32 Å². The molecule has 0 fully saturated rings. The molecule has 96 valence electrons. The van der Waals surface area contributed by atoms with Crippen molar-refractivity contribution in [2.24, 2.45) is 0 Å². The molecule has 5 heteroatoms. The zero-order chi connectivity index (χ0) is 13.7. The number of carbonyl (C=O) groups is 1. The van der Waals surface area contributed by atoms with E-state index in [1.165, 1.54) is 18.2 Å². The number of rotatable bonds is 3. The maximum absolute atomic E-state index is 12.7. The van der Waals surface area contributed by atoms with E-state index < -0.39 is 0 Å². The number of hydrogen-bond acceptors (Lipinski definition) is 2. The Morgan fingerprint density at radius 2 is 1.95 bits per heavy atom. The van der Waals surface area contributed by atoms with Crippen molar-refractivity contribution >= 4 is 40.4 Å². The number of nitrogens with one attached hydrogen (secondary N) is 1. The molecule has 3 nitrogen and oxygen atoms in total. The number of nitrogens with zero attached hydrogens (tertiary/aromatic N) is 1. The van der Waals surface area contributed by atoms with Gasteiger partial charge >= 0.3 is 0 Å². The molecule has 0 aliphatic rings. The topological polar surface area (TPSA) is 42.0 Å². The molecular formula is C14H10FIN2O. The first-order valence-electron chi connectivity index (χ1n) is 5.50. The van der Waals surface area contributed by atoms with Crippen molar-refractivity contribution in [3.8, 4) is 0 Å². The van der Waals surface area contributed by atoms with Crippen LogP contribution in [-0.4, -0.2) is 10.9 Å². The Morgan fingerprint density at radius 1 is 1.21 bits per heavy atom. The lowest BCUT2D eigenvalue weighted by atomic mass is 10.2. The molecular weight excluding hydrogens is 358 g/mol. The van der Waals surface area contributed by atoms with Gasteiger partial charge in [0, 0.05) is 15.8 Å². The van der Waals surface area contributed by atoms with E-state index in [2.05, 4.69) is 32.9 Å². The van der Waals surface area contributed by atoms with Crippen molar-refractivity contribution in [1.29, 1.82) is 0 Å². The van der Waals surface area contributed by atoms with Crippen molar-refractivity contribution in [1.82, 2.24) is 4.98 Å². The van der Waals surface area contributed by atoms with Crippen LogP contribution in [0.3, 0.4) is 0 Å². The highest BCUT2D eigenvalue weighted by Gasteiger charge is 1.98. The highest BCUT2D eigenvalue weighted by Crippen LogP contribution is 2.08. The van der Waals surface area contributed by atoms with Crippen LogP contribution in [-0.2, 0) is 4.79 Å². The third kappa shape index (κ3) is 4.44. The molecule has 1 heterocycles. The predicted octanol–water partition coefficient (Wildman–Crippen LogP) is 3.48. The molecule has 0 bridgehead atoms. The van der Waals surface area contributed by atoms with Gasteiger partial charge in [-0.2, -0.15) is 0 Å². The summed E-state index contributed by atoms with van der Waals surface area (Å²) in [5.74, 6) is -0.0862. The lowest BCUT2D eigenvalue weighted by molar-refractivity contribution is -0.111. The van der Waals surface area contributed by atoms with E-state index in [0.717, 1.165) is 9.13 Å². The van der Waals surface area contributed by atoms with Crippen LogP contribution in [0.5, 0.6) is 0 Å². The molecule has 0 aliphatic carbocycles. The van der Waals surface area contributed by atoms with Gasteiger partial charge in [-0.05, 0) is 58.5 Å². The number of anilines is 1. The van der Waals surface area contributed by atoms with Crippen LogP contribution in [0.4, 0.5) is 10.2 Å². The van der Waals surface area contributed by atoms with Crippen LogP contribution in [0.2, 0.25) is 0 Å². The number of aromatic nitrogens is 1. The van der Waals surface area contributed by atoms with Crippen molar-refractivity contribution in [3.63, 3.8) is 0 Å². The maximum Gasteiger partial charge on any atom is 0.249 e. The minimum absolute atomic E-state index is 0.280. The van der Waals surface area contributed by atoms with Crippen LogP contribution >= 0.6 is 22.6 Å². The van der Waals surface area contributed by atoms with Gasteiger partial charge < -0.3 is 5.32 Å². The molecule has 0 spiro atoms. The highest BCUT2D eigenvalue weighted by atomic mass is 127. The van der Waals surface area contributed by atoms with Crippen molar-refractivity contribution in [2.75, 3.05) is 5.32 Å². The van der Waals surface area contributed by atoms with Crippen molar-refractivity contribution in [2.45, 2.75) is 0 Å². The first-order valence-corrected chi connectivity index (χ1v) is 6.57. The van der Waals surface area contributed by atoms with E-state index in [9.17, 15) is 9.18 Å². The largest absolute Gasteiger partial charge is 0.307 e. The molecule has 0 saturated heterocycles. The lowest BCUT2D eigenvalue weighted by Gasteiger charge is -2.00. The van der Waals surface area contributed by atoms with E-state index in [-0.39, 0.29) is 11.7 Å². The summed E-state index contributed by atoms with van der Waals surface area (Å²) in [4.78, 5) is 15.7. The highest BCUT2D eigenvalue weighted by molar-refractivity contribution is 14.1. The summed E-state index contributed by atoms with van der Waals surface area (Å²) in [6, 6.07) is 9.47. The summed E-state index contributed by atoms with van der Waals surface area (Å²) in [5, 5.41) is 2.64. The second kappa shape index (κ2) is 6.42. The first kappa shape index (κ1) is 13.7. The molecule has 0 saturated carbocycles. The Kier molecular flexibility index (Phi) is 4.62. The minimum Gasteiger partial charge on any atom is -0.307 e. The maximum atomic E-state index is 12.7.